The normalized spacial score (nSPS) is 18.0. The average molecular weight is 336 g/mol. The number of esters is 2. The molecule has 1 N–H and O–H groups in total. The topological polar surface area (TPSA) is 92.4 Å². The van der Waals surface area contributed by atoms with Crippen LogP contribution in [0.25, 0.3) is 11.2 Å². The molecule has 0 saturated carbocycles. The van der Waals surface area contributed by atoms with Gasteiger partial charge in [-0.3, -0.25) is 9.69 Å². The van der Waals surface area contributed by atoms with Crippen molar-refractivity contribution in [3.8, 4) is 0 Å². The van der Waals surface area contributed by atoms with Crippen molar-refractivity contribution >= 4 is 23.1 Å². The van der Waals surface area contributed by atoms with Gasteiger partial charge in [0.2, 0.25) is 6.79 Å². The minimum absolute atomic E-state index is 0.186. The van der Waals surface area contributed by atoms with Crippen LogP contribution >= 0.6 is 0 Å². The van der Waals surface area contributed by atoms with Crippen molar-refractivity contribution < 1.29 is 28.6 Å². The molecule has 24 heavy (non-hydrogen) atoms. The zero-order chi connectivity index (χ0) is 17.3. The van der Waals surface area contributed by atoms with Crippen LogP contribution in [0.3, 0.4) is 0 Å². The van der Waals surface area contributed by atoms with Crippen LogP contribution in [-0.4, -0.2) is 66.9 Å². The van der Waals surface area contributed by atoms with Gasteiger partial charge in [-0.1, -0.05) is 0 Å². The highest BCUT2D eigenvalue weighted by Gasteiger charge is 2.32. The highest BCUT2D eigenvalue weighted by Crippen LogP contribution is 2.35. The van der Waals surface area contributed by atoms with Gasteiger partial charge in [0.05, 0.1) is 5.56 Å². The maximum Gasteiger partial charge on any atom is 0.345 e. The van der Waals surface area contributed by atoms with E-state index in [0.717, 1.165) is 13.1 Å². The second-order valence-corrected chi connectivity index (χ2v) is 5.85. The molecule has 1 fully saturated rings. The Bertz CT molecular complexity index is 719. The summed E-state index contributed by atoms with van der Waals surface area (Å²) < 4.78 is 15.1. The van der Waals surface area contributed by atoms with Crippen molar-refractivity contribution in [2.45, 2.75) is 13.2 Å². The Morgan fingerprint density at radius 3 is 2.54 bits per heavy atom. The summed E-state index contributed by atoms with van der Waals surface area (Å²) in [6.07, 6.45) is -0.951. The average Bonchev–Trinajstić information content (AvgIpc) is 3.15. The first kappa shape index (κ1) is 16.7. The lowest BCUT2D eigenvalue weighted by Gasteiger charge is -2.35. The van der Waals surface area contributed by atoms with E-state index in [-0.39, 0.29) is 5.56 Å². The number of piperazine rings is 1. The molecule has 0 aromatic carbocycles. The van der Waals surface area contributed by atoms with Gasteiger partial charge in [-0.25, -0.2) is 4.79 Å². The number of fused-ring (bicyclic) bond motifs is 2. The summed E-state index contributed by atoms with van der Waals surface area (Å²) >= 11 is 0. The molecule has 2 aromatic rings. The molecule has 8 nitrogen and oxygen atoms in total. The van der Waals surface area contributed by atoms with E-state index in [1.54, 1.807) is 12.1 Å². The van der Waals surface area contributed by atoms with Crippen LogP contribution in [0.4, 0.5) is 0 Å². The van der Waals surface area contributed by atoms with E-state index in [9.17, 15) is 14.7 Å². The fourth-order valence-corrected chi connectivity index (χ4v) is 2.83. The van der Waals surface area contributed by atoms with Crippen LogP contribution in [0.5, 0.6) is 0 Å². The van der Waals surface area contributed by atoms with Gasteiger partial charge in [-0.2, -0.15) is 0 Å². The Balaban J connectivity index is 1.78. The van der Waals surface area contributed by atoms with Crippen molar-refractivity contribution in [3.63, 3.8) is 0 Å². The fourth-order valence-electron chi connectivity index (χ4n) is 2.83. The highest BCUT2D eigenvalue weighted by molar-refractivity contribution is 6.01. The molecule has 1 saturated heterocycles. The van der Waals surface area contributed by atoms with E-state index in [1.165, 1.54) is 6.92 Å². The number of hydrogen-bond donors (Lipinski definition) is 1. The predicted octanol–water partition coefficient (Wildman–Crippen LogP) is 0.786. The molecule has 130 valence electrons. The lowest BCUT2D eigenvalue weighted by Crippen LogP contribution is -2.46. The summed E-state index contributed by atoms with van der Waals surface area (Å²) in [7, 11) is 2.02. The van der Waals surface area contributed by atoms with E-state index in [2.05, 4.69) is 9.64 Å². The van der Waals surface area contributed by atoms with Gasteiger partial charge in [-0.15, -0.1) is 0 Å². The maximum absolute atomic E-state index is 12.3. The van der Waals surface area contributed by atoms with E-state index in [0.29, 0.717) is 29.8 Å². The lowest BCUT2D eigenvalue weighted by atomic mass is 10.0. The quantitative estimate of drug-likeness (QED) is 0.633. The minimum atomic E-state index is -0.951. The molecule has 1 atom stereocenters. The van der Waals surface area contributed by atoms with Crippen LogP contribution in [0.2, 0.25) is 0 Å². The molecule has 2 aromatic heterocycles. The van der Waals surface area contributed by atoms with Crippen molar-refractivity contribution in [2.24, 2.45) is 0 Å². The molecule has 0 spiro atoms. The van der Waals surface area contributed by atoms with Crippen molar-refractivity contribution in [1.82, 2.24) is 9.80 Å². The number of rotatable bonds is 5. The number of likely N-dealkylation sites (N-methyl/N-ethyl adjacent to an activating group) is 1. The van der Waals surface area contributed by atoms with Crippen molar-refractivity contribution in [2.75, 3.05) is 40.0 Å². The van der Waals surface area contributed by atoms with Crippen LogP contribution in [-0.2, 0) is 14.3 Å². The van der Waals surface area contributed by atoms with Crippen molar-refractivity contribution in [1.29, 1.82) is 0 Å². The van der Waals surface area contributed by atoms with Crippen LogP contribution in [0.15, 0.2) is 16.5 Å². The second kappa shape index (κ2) is 6.76. The van der Waals surface area contributed by atoms with Gasteiger partial charge in [0.15, 0.2) is 0 Å². The molecule has 0 amide bonds. The van der Waals surface area contributed by atoms with E-state index in [4.69, 9.17) is 9.15 Å². The summed E-state index contributed by atoms with van der Waals surface area (Å²) in [5, 5.41) is 10.7. The van der Waals surface area contributed by atoms with Gasteiger partial charge in [0.25, 0.3) is 0 Å². The molecule has 8 heteroatoms. The molecule has 1 aliphatic heterocycles. The molecule has 1 unspecified atom stereocenters. The molecular weight excluding hydrogens is 316 g/mol. The molecule has 2 bridgehead atoms. The van der Waals surface area contributed by atoms with Crippen molar-refractivity contribution in [3.05, 3.63) is 23.3 Å². The molecule has 1 aliphatic rings. The second-order valence-electron chi connectivity index (χ2n) is 5.85. The fraction of sp³-hybridized carbons (Fsp3) is 0.500. The number of hydrogen-bond acceptors (Lipinski definition) is 8. The molecule has 3 rings (SSSR count). The Labute approximate surface area is 138 Å². The van der Waals surface area contributed by atoms with Crippen LogP contribution in [0.1, 0.15) is 29.1 Å². The van der Waals surface area contributed by atoms with E-state index >= 15 is 0 Å². The molecule has 3 heterocycles. The molecular formula is C16H20N2O6. The zero-order valence-corrected chi connectivity index (χ0v) is 13.7. The number of carbonyl (C=O) groups excluding carboxylic acids is 2. The van der Waals surface area contributed by atoms with E-state index < -0.39 is 25.0 Å². The summed E-state index contributed by atoms with van der Waals surface area (Å²) in [5.41, 5.74) is 1.40. The first-order valence-electron chi connectivity index (χ1n) is 7.73. The smallest absolute Gasteiger partial charge is 0.345 e. The monoisotopic (exact) mass is 336 g/mol. The van der Waals surface area contributed by atoms with Gasteiger partial charge in [-0.05, 0) is 19.2 Å². The first-order chi connectivity index (χ1) is 11.5. The molecule has 0 aliphatic carbocycles. The van der Waals surface area contributed by atoms with Gasteiger partial charge in [0.1, 0.15) is 23.0 Å². The summed E-state index contributed by atoms with van der Waals surface area (Å²) in [6, 6.07) is 3.37. The Kier molecular flexibility index (Phi) is 4.70. The largest absolute Gasteiger partial charge is 0.456 e. The number of furan rings is 2. The highest BCUT2D eigenvalue weighted by atomic mass is 16.7. The SMILES string of the molecule is CC(=O)OCOC(=O)c1c(C(O)N2CCN(C)CC2)c2ccc1o2. The minimum Gasteiger partial charge on any atom is -0.456 e. The lowest BCUT2D eigenvalue weighted by molar-refractivity contribution is -0.149. The third-order valence-corrected chi connectivity index (χ3v) is 4.19. The van der Waals surface area contributed by atoms with Gasteiger partial charge >= 0.3 is 11.9 Å². The maximum atomic E-state index is 12.3. The predicted molar refractivity (Wildman–Crippen MR) is 83.5 cm³/mol. The Morgan fingerprint density at radius 2 is 1.88 bits per heavy atom. The summed E-state index contributed by atoms with van der Waals surface area (Å²) in [5.74, 6) is -1.23. The number of nitrogens with zero attached hydrogens (tertiary/aromatic N) is 2. The number of aliphatic hydroxyl groups is 1. The Morgan fingerprint density at radius 1 is 1.21 bits per heavy atom. The standard InChI is InChI=1S/C16H20N2O6/c1-10(19)22-9-23-16(21)14-12-4-3-11(24-12)13(14)15(20)18-7-5-17(2)6-8-18/h3-4,15,20H,5-9H2,1-2H3. The van der Waals surface area contributed by atoms with Gasteiger partial charge < -0.3 is 23.9 Å². The third kappa shape index (κ3) is 3.21. The van der Waals surface area contributed by atoms with Crippen LogP contribution < -0.4 is 0 Å². The number of benzene rings is 1. The number of aliphatic hydroxyl groups excluding tert-OH is 1. The number of ether oxygens (including phenoxy) is 2. The van der Waals surface area contributed by atoms with Crippen LogP contribution in [0, 0.1) is 0 Å². The zero-order valence-electron chi connectivity index (χ0n) is 13.7. The number of carbonyl (C=O) groups is 2. The first-order valence-corrected chi connectivity index (χ1v) is 7.73. The van der Waals surface area contributed by atoms with E-state index in [1.807, 2.05) is 11.9 Å². The Hall–Kier alpha value is -2.16. The molecule has 0 radical (unpaired) electrons. The summed E-state index contributed by atoms with van der Waals surface area (Å²) in [4.78, 5) is 27.1. The summed E-state index contributed by atoms with van der Waals surface area (Å²) in [6.45, 7) is 3.79. The third-order valence-electron chi connectivity index (χ3n) is 4.19. The van der Waals surface area contributed by atoms with Gasteiger partial charge in [0, 0.05) is 33.1 Å².